The first-order valence-electron chi connectivity index (χ1n) is 5.78. The van der Waals surface area contributed by atoms with Crippen LogP contribution in [0, 0.1) is 0 Å². The number of ketones is 1. The van der Waals surface area contributed by atoms with Crippen LogP contribution in [-0.2, 0) is 4.74 Å². The van der Waals surface area contributed by atoms with Gasteiger partial charge in [0.1, 0.15) is 0 Å². The second-order valence-electron chi connectivity index (χ2n) is 4.21. The van der Waals surface area contributed by atoms with Crippen molar-refractivity contribution in [3.8, 4) is 0 Å². The van der Waals surface area contributed by atoms with Crippen molar-refractivity contribution < 1.29 is 14.6 Å². The molecule has 1 aliphatic rings. The van der Waals surface area contributed by atoms with Crippen LogP contribution in [0.5, 0.6) is 0 Å². The molecule has 0 saturated carbocycles. The van der Waals surface area contributed by atoms with Crippen molar-refractivity contribution in [2.24, 2.45) is 0 Å². The Bertz CT molecular complexity index is 405. The summed E-state index contributed by atoms with van der Waals surface area (Å²) in [7, 11) is 0. The van der Waals surface area contributed by atoms with Crippen molar-refractivity contribution in [2.45, 2.75) is 13.0 Å². The highest BCUT2D eigenvalue weighted by atomic mass is 16.5. The molecule has 0 aromatic heterocycles. The fourth-order valence-corrected chi connectivity index (χ4v) is 2.05. The van der Waals surface area contributed by atoms with Crippen LogP contribution >= 0.6 is 0 Å². The van der Waals surface area contributed by atoms with Crippen molar-refractivity contribution in [3.05, 3.63) is 29.8 Å². The smallest absolute Gasteiger partial charge is 0.159 e. The summed E-state index contributed by atoms with van der Waals surface area (Å²) in [6.07, 6.45) is 0. The molecular formula is C13H17NO3. The second-order valence-corrected chi connectivity index (χ2v) is 4.21. The first-order valence-corrected chi connectivity index (χ1v) is 5.78. The van der Waals surface area contributed by atoms with Crippen molar-refractivity contribution >= 4 is 11.5 Å². The quantitative estimate of drug-likeness (QED) is 0.797. The van der Waals surface area contributed by atoms with Gasteiger partial charge in [0.05, 0.1) is 25.9 Å². The number of carbonyl (C=O) groups is 1. The molecule has 0 spiro atoms. The highest BCUT2D eigenvalue weighted by Crippen LogP contribution is 2.21. The van der Waals surface area contributed by atoms with Gasteiger partial charge in [-0.05, 0) is 19.1 Å². The summed E-state index contributed by atoms with van der Waals surface area (Å²) in [6, 6.07) is 7.48. The van der Waals surface area contributed by atoms with Gasteiger partial charge in [0.2, 0.25) is 0 Å². The fraction of sp³-hybridized carbons (Fsp3) is 0.462. The van der Waals surface area contributed by atoms with E-state index in [4.69, 9.17) is 4.74 Å². The maximum absolute atomic E-state index is 11.3. The lowest BCUT2D eigenvalue weighted by Gasteiger charge is -2.36. The summed E-state index contributed by atoms with van der Waals surface area (Å²) in [5.41, 5.74) is 1.67. The van der Waals surface area contributed by atoms with Gasteiger partial charge in [-0.15, -0.1) is 0 Å². The number of nitrogens with zero attached hydrogens (tertiary/aromatic N) is 1. The SMILES string of the molecule is CC(=O)c1cccc(N2CCOCC2CO)c1. The molecule has 4 nitrogen and oxygen atoms in total. The monoisotopic (exact) mass is 235 g/mol. The Kier molecular flexibility index (Phi) is 3.76. The molecular weight excluding hydrogens is 218 g/mol. The van der Waals surface area contributed by atoms with Crippen LogP contribution in [0.2, 0.25) is 0 Å². The lowest BCUT2D eigenvalue weighted by atomic mass is 10.1. The van der Waals surface area contributed by atoms with Crippen LogP contribution in [0.3, 0.4) is 0 Å². The predicted molar refractivity (Wildman–Crippen MR) is 65.5 cm³/mol. The summed E-state index contributed by atoms with van der Waals surface area (Å²) in [5, 5.41) is 9.31. The van der Waals surface area contributed by atoms with Crippen LogP contribution in [-0.4, -0.2) is 43.3 Å². The van der Waals surface area contributed by atoms with Crippen LogP contribution in [0.1, 0.15) is 17.3 Å². The molecule has 1 unspecified atom stereocenters. The van der Waals surface area contributed by atoms with E-state index in [0.717, 1.165) is 12.2 Å². The zero-order chi connectivity index (χ0) is 12.3. The van der Waals surface area contributed by atoms with E-state index in [1.165, 1.54) is 0 Å². The Hall–Kier alpha value is -1.39. The molecule has 17 heavy (non-hydrogen) atoms. The number of morpholine rings is 1. The molecule has 0 aliphatic carbocycles. The van der Waals surface area contributed by atoms with Gasteiger partial charge < -0.3 is 14.7 Å². The van der Waals surface area contributed by atoms with E-state index in [9.17, 15) is 9.90 Å². The van der Waals surface area contributed by atoms with Crippen LogP contribution in [0.25, 0.3) is 0 Å². The molecule has 4 heteroatoms. The van der Waals surface area contributed by atoms with E-state index >= 15 is 0 Å². The number of carbonyl (C=O) groups excluding carboxylic acids is 1. The molecule has 1 aromatic rings. The van der Waals surface area contributed by atoms with Gasteiger partial charge >= 0.3 is 0 Å². The van der Waals surface area contributed by atoms with Gasteiger partial charge in [-0.3, -0.25) is 4.79 Å². The highest BCUT2D eigenvalue weighted by Gasteiger charge is 2.22. The molecule has 1 saturated heterocycles. The lowest BCUT2D eigenvalue weighted by Crippen LogP contribution is -2.47. The van der Waals surface area contributed by atoms with Crippen LogP contribution in [0.4, 0.5) is 5.69 Å². The summed E-state index contributed by atoms with van der Waals surface area (Å²) in [5.74, 6) is 0.0562. The molecule has 92 valence electrons. The molecule has 2 rings (SSSR count). The molecule has 0 bridgehead atoms. The van der Waals surface area contributed by atoms with E-state index < -0.39 is 0 Å². The predicted octanol–water partition coefficient (Wildman–Crippen LogP) is 1.09. The number of anilines is 1. The largest absolute Gasteiger partial charge is 0.394 e. The summed E-state index contributed by atoms with van der Waals surface area (Å²) >= 11 is 0. The van der Waals surface area contributed by atoms with Crippen molar-refractivity contribution in [1.29, 1.82) is 0 Å². The summed E-state index contributed by atoms with van der Waals surface area (Å²) < 4.78 is 5.33. The zero-order valence-electron chi connectivity index (χ0n) is 9.93. The van der Waals surface area contributed by atoms with E-state index in [1.807, 2.05) is 18.2 Å². The number of hydrogen-bond donors (Lipinski definition) is 1. The van der Waals surface area contributed by atoms with Crippen molar-refractivity contribution in [3.63, 3.8) is 0 Å². The normalized spacial score (nSPS) is 20.4. The molecule has 1 atom stereocenters. The molecule has 1 fully saturated rings. The minimum atomic E-state index is -0.0223. The first kappa shape index (κ1) is 12.1. The standard InChI is InChI=1S/C13H17NO3/c1-10(16)11-3-2-4-12(7-11)14-5-6-17-9-13(14)8-15/h2-4,7,13,15H,5-6,8-9H2,1H3. The Morgan fingerprint density at radius 3 is 3.12 bits per heavy atom. The van der Waals surface area contributed by atoms with E-state index in [1.54, 1.807) is 13.0 Å². The van der Waals surface area contributed by atoms with E-state index in [0.29, 0.717) is 18.8 Å². The Balaban J connectivity index is 2.25. The second kappa shape index (κ2) is 5.29. The average molecular weight is 235 g/mol. The van der Waals surface area contributed by atoms with Gasteiger partial charge in [-0.25, -0.2) is 0 Å². The van der Waals surface area contributed by atoms with Crippen LogP contribution in [0.15, 0.2) is 24.3 Å². The van der Waals surface area contributed by atoms with E-state index in [-0.39, 0.29) is 18.4 Å². The molecule has 1 heterocycles. The van der Waals surface area contributed by atoms with Gasteiger partial charge in [0, 0.05) is 17.8 Å². The number of aliphatic hydroxyl groups excluding tert-OH is 1. The van der Waals surface area contributed by atoms with Crippen LogP contribution < -0.4 is 4.90 Å². The molecule has 1 aliphatic heterocycles. The number of benzene rings is 1. The minimum Gasteiger partial charge on any atom is -0.394 e. The van der Waals surface area contributed by atoms with E-state index in [2.05, 4.69) is 4.90 Å². The maximum Gasteiger partial charge on any atom is 0.159 e. The van der Waals surface area contributed by atoms with Crippen molar-refractivity contribution in [2.75, 3.05) is 31.3 Å². The maximum atomic E-state index is 11.3. The Labute approximate surface area is 101 Å². The minimum absolute atomic E-state index is 0.0223. The summed E-state index contributed by atoms with van der Waals surface area (Å²) in [6.45, 7) is 3.54. The number of ether oxygens (including phenoxy) is 1. The lowest BCUT2D eigenvalue weighted by molar-refractivity contribution is 0.0727. The summed E-state index contributed by atoms with van der Waals surface area (Å²) in [4.78, 5) is 13.4. The zero-order valence-corrected chi connectivity index (χ0v) is 9.93. The molecule has 0 radical (unpaired) electrons. The van der Waals surface area contributed by atoms with Gasteiger partial charge in [-0.1, -0.05) is 12.1 Å². The molecule has 1 aromatic carbocycles. The molecule has 1 N–H and O–H groups in total. The first-order chi connectivity index (χ1) is 8.22. The van der Waals surface area contributed by atoms with Gasteiger partial charge in [-0.2, -0.15) is 0 Å². The average Bonchev–Trinajstić information content (AvgIpc) is 2.39. The highest BCUT2D eigenvalue weighted by molar-refractivity contribution is 5.95. The third-order valence-electron chi connectivity index (χ3n) is 3.02. The number of aliphatic hydroxyl groups is 1. The molecule has 0 amide bonds. The number of hydrogen-bond acceptors (Lipinski definition) is 4. The number of Topliss-reactive ketones (excluding diaryl/α,β-unsaturated/α-hetero) is 1. The number of rotatable bonds is 3. The topological polar surface area (TPSA) is 49.8 Å². The van der Waals surface area contributed by atoms with Crippen molar-refractivity contribution in [1.82, 2.24) is 0 Å². The fourth-order valence-electron chi connectivity index (χ4n) is 2.05. The third kappa shape index (κ3) is 2.65. The van der Waals surface area contributed by atoms with Gasteiger partial charge in [0.15, 0.2) is 5.78 Å². The Morgan fingerprint density at radius 2 is 2.41 bits per heavy atom. The Morgan fingerprint density at radius 1 is 1.59 bits per heavy atom. The van der Waals surface area contributed by atoms with Gasteiger partial charge in [0.25, 0.3) is 0 Å². The third-order valence-corrected chi connectivity index (χ3v) is 3.02.